The highest BCUT2D eigenvalue weighted by atomic mass is 31.2. The molecule has 0 aliphatic heterocycles. The fourth-order valence-electron chi connectivity index (χ4n) is 1.90. The number of rotatable bonds is 7. The summed E-state index contributed by atoms with van der Waals surface area (Å²) in [5, 5.41) is 1.47. The molecule has 0 fully saturated rings. The quantitative estimate of drug-likeness (QED) is 0.583. The Morgan fingerprint density at radius 3 is 2.50 bits per heavy atom. The molecule has 0 aliphatic carbocycles. The first kappa shape index (κ1) is 18.4. The summed E-state index contributed by atoms with van der Waals surface area (Å²) in [6, 6.07) is 11.3. The molecule has 0 radical (unpaired) electrons. The van der Waals surface area contributed by atoms with Crippen LogP contribution in [-0.4, -0.2) is 23.0 Å². The molecule has 2 aromatic rings. The minimum Gasteiger partial charge on any atom is -0.394 e. The summed E-state index contributed by atoms with van der Waals surface area (Å²) < 4.78 is 21.8. The van der Waals surface area contributed by atoms with Crippen LogP contribution >= 0.6 is 7.82 Å². The number of carbonyl (C=O) groups is 1. The molecular weight excluding hydrogens is 333 g/mol. The molecule has 1 unspecified atom stereocenters. The van der Waals surface area contributed by atoms with Crippen molar-refractivity contribution in [3.8, 4) is 5.75 Å². The van der Waals surface area contributed by atoms with Crippen molar-refractivity contribution < 1.29 is 28.1 Å². The third-order valence-electron chi connectivity index (χ3n) is 3.00. The highest BCUT2D eigenvalue weighted by molar-refractivity contribution is 7.48. The third kappa shape index (κ3) is 5.04. The fraction of sp³-hybridized carbons (Fsp3) is 0.312. The summed E-state index contributed by atoms with van der Waals surface area (Å²) in [5.41, 5.74) is 2.44. The Morgan fingerprint density at radius 2 is 1.79 bits per heavy atom. The van der Waals surface area contributed by atoms with Crippen LogP contribution in [0.3, 0.4) is 0 Å². The second kappa shape index (κ2) is 7.77. The van der Waals surface area contributed by atoms with E-state index >= 15 is 0 Å². The van der Waals surface area contributed by atoms with Crippen LogP contribution in [0.5, 0.6) is 5.75 Å². The molecule has 0 spiro atoms. The lowest BCUT2D eigenvalue weighted by molar-refractivity contribution is -0.143. The summed E-state index contributed by atoms with van der Waals surface area (Å²) in [6.45, 7) is 4.99. The minimum absolute atomic E-state index is 0.158. The zero-order valence-corrected chi connectivity index (χ0v) is 14.5. The van der Waals surface area contributed by atoms with Gasteiger partial charge in [0.25, 0.3) is 0 Å². The van der Waals surface area contributed by atoms with Gasteiger partial charge in [0.05, 0.1) is 6.10 Å². The molecule has 0 saturated heterocycles. The highest BCUT2D eigenvalue weighted by Crippen LogP contribution is 2.46. The molecule has 2 atom stereocenters. The molecule has 7 nitrogen and oxygen atoms in total. The Hall–Kier alpha value is -1.92. The van der Waals surface area contributed by atoms with Crippen molar-refractivity contribution in [2.75, 3.05) is 0 Å². The number of phosphoric ester groups is 1. The predicted molar refractivity (Wildman–Crippen MR) is 89.3 cm³/mol. The number of hydrogen-bond acceptors (Lipinski definition) is 6. The minimum atomic E-state index is -4.62. The van der Waals surface area contributed by atoms with Gasteiger partial charge in [-0.3, -0.25) is 9.73 Å². The van der Waals surface area contributed by atoms with Crippen LogP contribution in [0.4, 0.5) is 0 Å². The van der Waals surface area contributed by atoms with Crippen LogP contribution in [-0.2, 0) is 18.7 Å². The lowest BCUT2D eigenvalue weighted by atomic mass is 10.1. The monoisotopic (exact) mass is 353 g/mol. The molecule has 2 rings (SSSR count). The van der Waals surface area contributed by atoms with Crippen LogP contribution in [0.25, 0.3) is 10.8 Å². The Bertz CT molecular complexity index is 758. The van der Waals surface area contributed by atoms with Crippen LogP contribution < -0.4 is 10.0 Å². The van der Waals surface area contributed by atoms with E-state index in [0.29, 0.717) is 5.39 Å². The van der Waals surface area contributed by atoms with Gasteiger partial charge in [0, 0.05) is 5.39 Å². The fourth-order valence-corrected chi connectivity index (χ4v) is 2.73. The summed E-state index contributed by atoms with van der Waals surface area (Å²) in [4.78, 5) is 26.7. The maximum absolute atomic E-state index is 12.1. The number of nitrogens with one attached hydrogen (secondary N) is 1. The van der Waals surface area contributed by atoms with E-state index in [0.717, 1.165) is 5.39 Å². The Morgan fingerprint density at radius 1 is 1.12 bits per heavy atom. The topological polar surface area (TPSA) is 94.1 Å². The molecule has 0 aliphatic rings. The first-order chi connectivity index (χ1) is 11.3. The van der Waals surface area contributed by atoms with E-state index in [1.165, 1.54) is 13.0 Å². The summed E-state index contributed by atoms with van der Waals surface area (Å²) in [7, 11) is -4.62. The van der Waals surface area contributed by atoms with Crippen molar-refractivity contribution in [1.82, 2.24) is 5.48 Å². The van der Waals surface area contributed by atoms with E-state index in [9.17, 15) is 14.3 Å². The second-order valence-corrected chi connectivity index (χ2v) is 6.76. The first-order valence-electron chi connectivity index (χ1n) is 7.43. The van der Waals surface area contributed by atoms with E-state index < -0.39 is 19.8 Å². The lowest BCUT2D eigenvalue weighted by Crippen LogP contribution is -2.36. The van der Waals surface area contributed by atoms with Crippen molar-refractivity contribution in [3.05, 3.63) is 42.5 Å². The SMILES string of the molecule is CC(C)ON[C@@H](C)C(=O)OP(=O)(O)Oc1cccc2ccccc12. The van der Waals surface area contributed by atoms with Crippen LogP contribution in [0.15, 0.2) is 42.5 Å². The van der Waals surface area contributed by atoms with Gasteiger partial charge in [-0.15, -0.1) is 0 Å². The van der Waals surface area contributed by atoms with Gasteiger partial charge in [-0.25, -0.2) is 9.36 Å². The normalized spacial score (nSPS) is 15.0. The van der Waals surface area contributed by atoms with Crippen molar-refractivity contribution in [2.24, 2.45) is 0 Å². The number of benzene rings is 2. The summed E-state index contributed by atoms with van der Waals surface area (Å²) in [6.07, 6.45) is -0.159. The molecule has 130 valence electrons. The molecule has 2 aromatic carbocycles. The highest BCUT2D eigenvalue weighted by Gasteiger charge is 2.31. The van der Waals surface area contributed by atoms with Crippen molar-refractivity contribution in [1.29, 1.82) is 0 Å². The van der Waals surface area contributed by atoms with Gasteiger partial charge >= 0.3 is 13.8 Å². The largest absolute Gasteiger partial charge is 0.587 e. The van der Waals surface area contributed by atoms with Gasteiger partial charge in [-0.1, -0.05) is 36.4 Å². The molecule has 2 N–H and O–H groups in total. The Kier molecular flexibility index (Phi) is 5.96. The molecule has 0 aromatic heterocycles. The van der Waals surface area contributed by atoms with Crippen molar-refractivity contribution >= 4 is 24.6 Å². The van der Waals surface area contributed by atoms with E-state index in [-0.39, 0.29) is 11.9 Å². The zero-order chi connectivity index (χ0) is 17.7. The smallest absolute Gasteiger partial charge is 0.394 e. The van der Waals surface area contributed by atoms with Gasteiger partial charge in [0.15, 0.2) is 0 Å². The molecule has 0 bridgehead atoms. The Labute approximate surface area is 140 Å². The number of hydrogen-bond donors (Lipinski definition) is 2. The van der Waals surface area contributed by atoms with Crippen LogP contribution in [0.1, 0.15) is 20.8 Å². The summed E-state index contributed by atoms with van der Waals surface area (Å²) in [5.74, 6) is -0.799. The number of fused-ring (bicyclic) bond motifs is 1. The number of phosphoric acid groups is 1. The van der Waals surface area contributed by atoms with E-state index in [2.05, 4.69) is 10.0 Å². The predicted octanol–water partition coefficient (Wildman–Crippen LogP) is 3.18. The molecule has 8 heteroatoms. The van der Waals surface area contributed by atoms with Crippen LogP contribution in [0, 0.1) is 0 Å². The molecule has 0 amide bonds. The van der Waals surface area contributed by atoms with Gasteiger partial charge in [0.1, 0.15) is 11.8 Å². The Balaban J connectivity index is 2.07. The van der Waals surface area contributed by atoms with E-state index in [4.69, 9.17) is 9.36 Å². The molecule has 24 heavy (non-hydrogen) atoms. The van der Waals surface area contributed by atoms with Crippen LogP contribution in [0.2, 0.25) is 0 Å². The molecule has 0 saturated carbocycles. The summed E-state index contributed by atoms with van der Waals surface area (Å²) >= 11 is 0. The van der Waals surface area contributed by atoms with E-state index in [1.807, 2.05) is 18.2 Å². The lowest BCUT2D eigenvalue weighted by Gasteiger charge is -2.18. The second-order valence-electron chi connectivity index (χ2n) is 5.45. The average Bonchev–Trinajstić information content (AvgIpc) is 2.52. The maximum Gasteiger partial charge on any atom is 0.587 e. The van der Waals surface area contributed by atoms with Crippen molar-refractivity contribution in [2.45, 2.75) is 32.9 Å². The standard InChI is InChI=1S/C16H20NO6P/c1-11(2)21-17-12(3)16(18)23-24(19,20)22-15-10-6-8-13-7-4-5-9-14(13)15/h4-12,17H,1-3H3,(H,19,20)/t12-/m0/s1. The maximum atomic E-state index is 12.1. The average molecular weight is 353 g/mol. The van der Waals surface area contributed by atoms with Gasteiger partial charge in [0.2, 0.25) is 0 Å². The first-order valence-corrected chi connectivity index (χ1v) is 8.93. The van der Waals surface area contributed by atoms with E-state index in [1.54, 1.807) is 32.0 Å². The van der Waals surface area contributed by atoms with Gasteiger partial charge in [-0.05, 0) is 32.2 Å². The van der Waals surface area contributed by atoms with Gasteiger partial charge < -0.3 is 9.05 Å². The molecular formula is C16H20NO6P. The number of carbonyl (C=O) groups excluding carboxylic acids is 1. The van der Waals surface area contributed by atoms with Gasteiger partial charge in [-0.2, -0.15) is 5.48 Å². The zero-order valence-electron chi connectivity index (χ0n) is 13.6. The number of hydroxylamine groups is 1. The van der Waals surface area contributed by atoms with Crippen molar-refractivity contribution in [3.63, 3.8) is 0 Å². The third-order valence-corrected chi connectivity index (χ3v) is 3.84. The molecule has 0 heterocycles.